The highest BCUT2D eigenvalue weighted by atomic mass is 32.1. The molecule has 0 spiro atoms. The van der Waals surface area contributed by atoms with Crippen LogP contribution in [-0.2, 0) is 4.74 Å². The highest BCUT2D eigenvalue weighted by molar-refractivity contribution is 7.10. The highest BCUT2D eigenvalue weighted by Gasteiger charge is 2.42. The Kier molecular flexibility index (Phi) is 5.55. The van der Waals surface area contributed by atoms with E-state index in [1.165, 1.54) is 0 Å². The summed E-state index contributed by atoms with van der Waals surface area (Å²) in [5, 5.41) is 9.49. The second-order valence-electron chi connectivity index (χ2n) is 6.69. The second-order valence-corrected chi connectivity index (χ2v) is 7.67. The minimum atomic E-state index is -0.170. The number of hydrogen-bond acceptors (Lipinski definition) is 6. The van der Waals surface area contributed by atoms with Crippen LogP contribution in [0.5, 0.6) is 11.5 Å². The number of methoxy groups -OCH3 is 3. The van der Waals surface area contributed by atoms with Crippen LogP contribution in [0.1, 0.15) is 33.4 Å². The molecule has 4 rings (SSSR count). The van der Waals surface area contributed by atoms with Gasteiger partial charge in [-0.25, -0.2) is 0 Å². The number of aromatic amines is 1. The van der Waals surface area contributed by atoms with Gasteiger partial charge in [0.05, 0.1) is 26.0 Å². The van der Waals surface area contributed by atoms with Crippen molar-refractivity contribution in [2.75, 3.05) is 34.5 Å². The fraction of sp³-hybridized carbons (Fsp3) is 0.333. The fourth-order valence-corrected chi connectivity index (χ4v) is 4.60. The maximum atomic E-state index is 13.1. The second kappa shape index (κ2) is 8.26. The van der Waals surface area contributed by atoms with Gasteiger partial charge >= 0.3 is 0 Å². The molecule has 1 atom stereocenters. The summed E-state index contributed by atoms with van der Waals surface area (Å²) in [7, 11) is 4.88. The molecule has 7 nitrogen and oxygen atoms in total. The van der Waals surface area contributed by atoms with E-state index in [0.29, 0.717) is 30.3 Å². The molecule has 0 bridgehead atoms. The lowest BCUT2D eigenvalue weighted by atomic mass is 10.0. The molecule has 1 N–H and O–H groups in total. The van der Waals surface area contributed by atoms with E-state index in [1.807, 2.05) is 34.5 Å². The number of nitrogens with one attached hydrogen (secondary N) is 1. The molecule has 0 fully saturated rings. The van der Waals surface area contributed by atoms with E-state index in [2.05, 4.69) is 16.3 Å². The Hall–Kier alpha value is -2.84. The van der Waals surface area contributed by atoms with Gasteiger partial charge in [-0.1, -0.05) is 6.07 Å². The molecule has 8 heteroatoms. The van der Waals surface area contributed by atoms with Crippen LogP contribution in [0.4, 0.5) is 0 Å². The van der Waals surface area contributed by atoms with Crippen LogP contribution < -0.4 is 9.47 Å². The van der Waals surface area contributed by atoms with Crippen molar-refractivity contribution >= 4 is 17.2 Å². The van der Waals surface area contributed by atoms with Crippen molar-refractivity contribution < 1.29 is 19.0 Å². The Morgan fingerprint density at radius 1 is 1.17 bits per heavy atom. The normalized spacial score (nSPS) is 15.6. The largest absolute Gasteiger partial charge is 0.493 e. The van der Waals surface area contributed by atoms with Crippen molar-refractivity contribution in [2.45, 2.75) is 12.5 Å². The number of aromatic nitrogens is 2. The third kappa shape index (κ3) is 3.38. The van der Waals surface area contributed by atoms with E-state index in [1.54, 1.807) is 32.7 Å². The Morgan fingerprint density at radius 2 is 2.00 bits per heavy atom. The molecular formula is C21H23N3O4S. The first-order chi connectivity index (χ1) is 14.2. The molecule has 1 aromatic carbocycles. The highest BCUT2D eigenvalue weighted by Crippen LogP contribution is 2.45. The fourth-order valence-electron chi connectivity index (χ4n) is 3.75. The molecule has 1 amide bonds. The summed E-state index contributed by atoms with van der Waals surface area (Å²) >= 11 is 1.64. The Balaban J connectivity index is 1.79. The Labute approximate surface area is 173 Å². The van der Waals surface area contributed by atoms with E-state index in [-0.39, 0.29) is 11.9 Å². The minimum absolute atomic E-state index is 0.0336. The predicted molar refractivity (Wildman–Crippen MR) is 111 cm³/mol. The average Bonchev–Trinajstić information content (AvgIpc) is 3.47. The molecule has 29 heavy (non-hydrogen) atoms. The third-order valence-corrected chi connectivity index (χ3v) is 6.01. The topological polar surface area (TPSA) is 76.7 Å². The molecule has 3 heterocycles. The lowest BCUT2D eigenvalue weighted by molar-refractivity contribution is 0.0725. The van der Waals surface area contributed by atoms with Crippen molar-refractivity contribution in [1.29, 1.82) is 0 Å². The summed E-state index contributed by atoms with van der Waals surface area (Å²) in [6, 6.07) is 9.57. The quantitative estimate of drug-likeness (QED) is 0.570. The number of hydrogen-bond donors (Lipinski definition) is 1. The summed E-state index contributed by atoms with van der Waals surface area (Å²) in [4.78, 5) is 16.1. The molecule has 2 aromatic heterocycles. The lowest BCUT2D eigenvalue weighted by Gasteiger charge is -2.25. The van der Waals surface area contributed by atoms with Gasteiger partial charge in [-0.2, -0.15) is 5.10 Å². The number of rotatable bonds is 8. The van der Waals surface area contributed by atoms with Crippen molar-refractivity contribution in [3.63, 3.8) is 0 Å². The number of thiophene rings is 1. The van der Waals surface area contributed by atoms with Gasteiger partial charge in [-0.3, -0.25) is 9.89 Å². The van der Waals surface area contributed by atoms with Gasteiger partial charge in [0, 0.05) is 36.3 Å². The maximum Gasteiger partial charge on any atom is 0.273 e. The van der Waals surface area contributed by atoms with Gasteiger partial charge in [0.25, 0.3) is 5.91 Å². The average molecular weight is 413 g/mol. The summed E-state index contributed by atoms with van der Waals surface area (Å²) in [5.41, 5.74) is 3.07. The SMILES string of the molecule is COCCCN1C(=O)c2[nH]nc(-c3ccc(OC)c(OC)c3)c2C1c1cccs1. The monoisotopic (exact) mass is 413 g/mol. The lowest BCUT2D eigenvalue weighted by Crippen LogP contribution is -2.30. The van der Waals surface area contributed by atoms with E-state index >= 15 is 0 Å². The van der Waals surface area contributed by atoms with Gasteiger partial charge < -0.3 is 19.1 Å². The van der Waals surface area contributed by atoms with Gasteiger partial charge in [-0.05, 0) is 36.1 Å². The maximum absolute atomic E-state index is 13.1. The van der Waals surface area contributed by atoms with Crippen LogP contribution >= 0.6 is 11.3 Å². The van der Waals surface area contributed by atoms with Gasteiger partial charge in [0.2, 0.25) is 0 Å². The first-order valence-electron chi connectivity index (χ1n) is 9.33. The van der Waals surface area contributed by atoms with E-state index in [9.17, 15) is 4.79 Å². The van der Waals surface area contributed by atoms with Crippen molar-refractivity contribution in [2.24, 2.45) is 0 Å². The van der Waals surface area contributed by atoms with Crippen LogP contribution in [0.3, 0.4) is 0 Å². The number of benzene rings is 1. The van der Waals surface area contributed by atoms with Crippen LogP contribution in [0, 0.1) is 0 Å². The van der Waals surface area contributed by atoms with Crippen LogP contribution in [-0.4, -0.2) is 55.5 Å². The summed E-state index contributed by atoms with van der Waals surface area (Å²) < 4.78 is 16.0. The number of nitrogens with zero attached hydrogens (tertiary/aromatic N) is 2. The molecule has 0 aliphatic carbocycles. The van der Waals surface area contributed by atoms with E-state index in [4.69, 9.17) is 14.2 Å². The summed E-state index contributed by atoms with van der Waals surface area (Å²) in [5.74, 6) is 1.24. The third-order valence-electron chi connectivity index (χ3n) is 5.08. The predicted octanol–water partition coefficient (Wildman–Crippen LogP) is 3.74. The molecule has 0 saturated heterocycles. The minimum Gasteiger partial charge on any atom is -0.493 e. The van der Waals surface area contributed by atoms with Crippen molar-refractivity contribution in [3.05, 3.63) is 51.8 Å². The van der Waals surface area contributed by atoms with E-state index < -0.39 is 0 Å². The van der Waals surface area contributed by atoms with Gasteiger partial charge in [0.1, 0.15) is 5.69 Å². The molecule has 1 unspecified atom stereocenters. The van der Waals surface area contributed by atoms with Gasteiger partial charge in [0.15, 0.2) is 11.5 Å². The molecular weight excluding hydrogens is 390 g/mol. The number of H-pyrrole nitrogens is 1. The van der Waals surface area contributed by atoms with Crippen LogP contribution in [0.15, 0.2) is 35.7 Å². The molecule has 0 saturated carbocycles. The smallest absolute Gasteiger partial charge is 0.273 e. The zero-order chi connectivity index (χ0) is 20.4. The van der Waals surface area contributed by atoms with Crippen LogP contribution in [0.2, 0.25) is 0 Å². The first-order valence-corrected chi connectivity index (χ1v) is 10.2. The first kappa shape index (κ1) is 19.5. The Morgan fingerprint density at radius 3 is 2.69 bits per heavy atom. The van der Waals surface area contributed by atoms with Gasteiger partial charge in [-0.15, -0.1) is 11.3 Å². The number of amides is 1. The molecule has 0 radical (unpaired) electrons. The zero-order valence-corrected chi connectivity index (χ0v) is 17.4. The molecule has 152 valence electrons. The number of fused-ring (bicyclic) bond motifs is 1. The van der Waals surface area contributed by atoms with Crippen molar-refractivity contribution in [1.82, 2.24) is 15.1 Å². The summed E-state index contributed by atoms with van der Waals surface area (Å²) in [6.07, 6.45) is 0.771. The van der Waals surface area contributed by atoms with Crippen molar-refractivity contribution in [3.8, 4) is 22.8 Å². The molecule has 1 aliphatic rings. The zero-order valence-electron chi connectivity index (χ0n) is 16.6. The standard InChI is InChI=1S/C21H23N3O4S/c1-26-10-5-9-24-20(16-6-4-11-29-16)17-18(22-23-19(17)21(24)25)13-7-8-14(27-2)15(12-13)28-3/h4,6-8,11-12,20H,5,9-10H2,1-3H3,(H,22,23). The molecule has 1 aliphatic heterocycles. The Bertz CT molecular complexity index is 1000. The molecule has 3 aromatic rings. The van der Waals surface area contributed by atoms with Crippen LogP contribution in [0.25, 0.3) is 11.3 Å². The van der Waals surface area contributed by atoms with E-state index in [0.717, 1.165) is 28.1 Å². The number of carbonyl (C=O) groups excluding carboxylic acids is 1. The number of carbonyl (C=O) groups is 1. The summed E-state index contributed by atoms with van der Waals surface area (Å²) in [6.45, 7) is 1.22. The number of ether oxygens (including phenoxy) is 3.